The highest BCUT2D eigenvalue weighted by Gasteiger charge is 2.29. The summed E-state index contributed by atoms with van der Waals surface area (Å²) in [6.45, 7) is 5.82. The van der Waals surface area contributed by atoms with E-state index in [9.17, 15) is 0 Å². The first-order valence-electron chi connectivity index (χ1n) is 5.57. The second-order valence-corrected chi connectivity index (χ2v) is 4.54. The molecular weight excluding hydrogens is 170 g/mol. The second kappa shape index (κ2) is 4.14. The van der Waals surface area contributed by atoms with E-state index in [-0.39, 0.29) is 0 Å². The first-order valence-corrected chi connectivity index (χ1v) is 5.57. The van der Waals surface area contributed by atoms with Crippen LogP contribution in [0.25, 0.3) is 0 Å². The van der Waals surface area contributed by atoms with Gasteiger partial charge in [0.25, 0.3) is 0 Å². The zero-order chi connectivity index (χ0) is 9.97. The van der Waals surface area contributed by atoms with Crippen LogP contribution in [-0.4, -0.2) is 6.54 Å². The van der Waals surface area contributed by atoms with Gasteiger partial charge >= 0.3 is 0 Å². The van der Waals surface area contributed by atoms with Crippen LogP contribution in [0.2, 0.25) is 0 Å². The normalized spacial score (nSPS) is 27.1. The highest BCUT2D eigenvalue weighted by Crippen LogP contribution is 2.34. The molecule has 0 radical (unpaired) electrons. The molecule has 0 amide bonds. The molecule has 2 atom stereocenters. The van der Waals surface area contributed by atoms with Gasteiger partial charge in [-0.15, -0.1) is 0 Å². The Kier molecular flexibility index (Phi) is 2.87. The molecule has 0 aliphatic carbocycles. The highest BCUT2D eigenvalue weighted by atomic mass is 15.0. The SMILES string of the molecule is CC(C)C1CCNC1c1ccccc1. The topological polar surface area (TPSA) is 12.0 Å². The highest BCUT2D eigenvalue weighted by molar-refractivity contribution is 5.20. The van der Waals surface area contributed by atoms with Gasteiger partial charge in [0.1, 0.15) is 0 Å². The van der Waals surface area contributed by atoms with Gasteiger partial charge in [0.05, 0.1) is 0 Å². The fraction of sp³-hybridized carbons (Fsp3) is 0.538. The van der Waals surface area contributed by atoms with Crippen LogP contribution in [0.5, 0.6) is 0 Å². The number of nitrogens with one attached hydrogen (secondary N) is 1. The van der Waals surface area contributed by atoms with E-state index < -0.39 is 0 Å². The molecule has 76 valence electrons. The lowest BCUT2D eigenvalue weighted by Gasteiger charge is -2.23. The standard InChI is InChI=1S/C13H19N/c1-10(2)12-8-9-14-13(12)11-6-4-3-5-7-11/h3-7,10,12-14H,8-9H2,1-2H3. The lowest BCUT2D eigenvalue weighted by Crippen LogP contribution is -2.20. The van der Waals surface area contributed by atoms with Crippen LogP contribution in [-0.2, 0) is 0 Å². The Morgan fingerprint density at radius 3 is 2.57 bits per heavy atom. The van der Waals surface area contributed by atoms with Crippen LogP contribution in [0, 0.1) is 11.8 Å². The maximum Gasteiger partial charge on any atom is 0.0351 e. The van der Waals surface area contributed by atoms with E-state index in [4.69, 9.17) is 0 Å². The molecule has 2 rings (SSSR count). The molecule has 1 aromatic carbocycles. The first kappa shape index (κ1) is 9.72. The zero-order valence-electron chi connectivity index (χ0n) is 9.03. The van der Waals surface area contributed by atoms with E-state index in [0.717, 1.165) is 11.8 Å². The fourth-order valence-corrected chi connectivity index (χ4v) is 2.47. The van der Waals surface area contributed by atoms with Gasteiger partial charge < -0.3 is 5.32 Å². The minimum Gasteiger partial charge on any atom is -0.310 e. The molecule has 1 nitrogen and oxygen atoms in total. The molecule has 0 bridgehead atoms. The second-order valence-electron chi connectivity index (χ2n) is 4.54. The molecule has 1 heteroatoms. The summed E-state index contributed by atoms with van der Waals surface area (Å²) in [5.74, 6) is 1.58. The third-order valence-electron chi connectivity index (χ3n) is 3.29. The van der Waals surface area contributed by atoms with Gasteiger partial charge in [-0.2, -0.15) is 0 Å². The van der Waals surface area contributed by atoms with E-state index in [1.807, 2.05) is 0 Å². The van der Waals surface area contributed by atoms with Crippen molar-refractivity contribution in [3.8, 4) is 0 Å². The number of hydrogen-bond acceptors (Lipinski definition) is 1. The summed E-state index contributed by atoms with van der Waals surface area (Å²) in [4.78, 5) is 0. The molecule has 1 aliphatic rings. The van der Waals surface area contributed by atoms with Gasteiger partial charge in [-0.05, 0) is 30.4 Å². The van der Waals surface area contributed by atoms with Crippen molar-refractivity contribution in [1.82, 2.24) is 5.32 Å². The smallest absolute Gasteiger partial charge is 0.0351 e. The van der Waals surface area contributed by atoms with E-state index in [0.29, 0.717) is 6.04 Å². The first-order chi connectivity index (χ1) is 6.79. The van der Waals surface area contributed by atoms with Crippen LogP contribution in [0.3, 0.4) is 0 Å². The zero-order valence-corrected chi connectivity index (χ0v) is 9.03. The van der Waals surface area contributed by atoms with Crippen molar-refractivity contribution in [2.75, 3.05) is 6.54 Å². The molecule has 1 heterocycles. The molecule has 14 heavy (non-hydrogen) atoms. The molecule has 1 aliphatic heterocycles. The van der Waals surface area contributed by atoms with Crippen LogP contribution in [0.15, 0.2) is 30.3 Å². The van der Waals surface area contributed by atoms with Crippen molar-refractivity contribution >= 4 is 0 Å². The fourth-order valence-electron chi connectivity index (χ4n) is 2.47. The Bertz CT molecular complexity index is 279. The molecular formula is C13H19N. The number of benzene rings is 1. The van der Waals surface area contributed by atoms with E-state index in [1.165, 1.54) is 18.5 Å². The predicted octanol–water partition coefficient (Wildman–Crippen LogP) is 2.99. The molecule has 1 N–H and O–H groups in total. The van der Waals surface area contributed by atoms with Crippen molar-refractivity contribution in [2.24, 2.45) is 11.8 Å². The summed E-state index contributed by atoms with van der Waals surface area (Å²) in [6.07, 6.45) is 1.32. The summed E-state index contributed by atoms with van der Waals surface area (Å²) in [5.41, 5.74) is 1.45. The van der Waals surface area contributed by atoms with Gasteiger partial charge in [0, 0.05) is 6.04 Å². The molecule has 0 aromatic heterocycles. The molecule has 2 unspecified atom stereocenters. The summed E-state index contributed by atoms with van der Waals surface area (Å²) in [5, 5.41) is 3.60. The Morgan fingerprint density at radius 1 is 1.21 bits per heavy atom. The maximum absolute atomic E-state index is 3.60. The van der Waals surface area contributed by atoms with Crippen LogP contribution in [0.1, 0.15) is 31.9 Å². The van der Waals surface area contributed by atoms with Crippen molar-refractivity contribution < 1.29 is 0 Å². The van der Waals surface area contributed by atoms with Crippen molar-refractivity contribution in [3.63, 3.8) is 0 Å². The van der Waals surface area contributed by atoms with E-state index in [1.54, 1.807) is 0 Å². The van der Waals surface area contributed by atoms with Crippen molar-refractivity contribution in [1.29, 1.82) is 0 Å². The van der Waals surface area contributed by atoms with Gasteiger partial charge in [-0.25, -0.2) is 0 Å². The van der Waals surface area contributed by atoms with Crippen LogP contribution < -0.4 is 5.32 Å². The van der Waals surface area contributed by atoms with Crippen molar-refractivity contribution in [2.45, 2.75) is 26.3 Å². The van der Waals surface area contributed by atoms with Crippen LogP contribution in [0.4, 0.5) is 0 Å². The third-order valence-corrected chi connectivity index (χ3v) is 3.29. The minimum atomic E-state index is 0.580. The maximum atomic E-state index is 3.60. The Hall–Kier alpha value is -0.820. The molecule has 0 saturated carbocycles. The number of rotatable bonds is 2. The van der Waals surface area contributed by atoms with Gasteiger partial charge in [0.15, 0.2) is 0 Å². The average Bonchev–Trinajstić information content (AvgIpc) is 2.67. The lowest BCUT2D eigenvalue weighted by atomic mass is 9.85. The van der Waals surface area contributed by atoms with E-state index >= 15 is 0 Å². The van der Waals surface area contributed by atoms with E-state index in [2.05, 4.69) is 49.5 Å². The molecule has 1 aromatic rings. The van der Waals surface area contributed by atoms with Crippen molar-refractivity contribution in [3.05, 3.63) is 35.9 Å². The Balaban J connectivity index is 2.18. The predicted molar refractivity (Wildman–Crippen MR) is 60.1 cm³/mol. The largest absolute Gasteiger partial charge is 0.310 e. The van der Waals surface area contributed by atoms with Gasteiger partial charge in [0.2, 0.25) is 0 Å². The van der Waals surface area contributed by atoms with Gasteiger partial charge in [-0.3, -0.25) is 0 Å². The van der Waals surface area contributed by atoms with Gasteiger partial charge in [-0.1, -0.05) is 44.2 Å². The minimum absolute atomic E-state index is 0.580. The molecule has 1 fully saturated rings. The lowest BCUT2D eigenvalue weighted by molar-refractivity contribution is 0.347. The molecule has 1 saturated heterocycles. The summed E-state index contributed by atoms with van der Waals surface area (Å²) >= 11 is 0. The summed E-state index contributed by atoms with van der Waals surface area (Å²) in [6, 6.07) is 11.4. The Labute approximate surface area is 86.5 Å². The molecule has 0 spiro atoms. The summed E-state index contributed by atoms with van der Waals surface area (Å²) < 4.78 is 0. The third kappa shape index (κ3) is 1.83. The quantitative estimate of drug-likeness (QED) is 0.754. The number of hydrogen-bond donors (Lipinski definition) is 1. The monoisotopic (exact) mass is 189 g/mol. The van der Waals surface area contributed by atoms with Crippen LogP contribution >= 0.6 is 0 Å². The Morgan fingerprint density at radius 2 is 1.93 bits per heavy atom. The summed E-state index contributed by atoms with van der Waals surface area (Å²) in [7, 11) is 0. The average molecular weight is 189 g/mol.